The summed E-state index contributed by atoms with van der Waals surface area (Å²) in [6, 6.07) is 5.60. The monoisotopic (exact) mass is 319 g/mol. The molecule has 0 fully saturated rings. The summed E-state index contributed by atoms with van der Waals surface area (Å²) in [6.45, 7) is 6.57. The number of carbonyl (C=O) groups is 1. The molecule has 0 aliphatic heterocycles. The number of nitrogens with one attached hydrogen (secondary N) is 1. The molecule has 0 saturated heterocycles. The Bertz CT molecular complexity index is 688. The first-order valence-corrected chi connectivity index (χ1v) is 7.85. The van der Waals surface area contributed by atoms with Crippen molar-refractivity contribution in [3.63, 3.8) is 0 Å². The fraction of sp³-hybridized carbons (Fsp3) is 0.500. The van der Waals surface area contributed by atoms with Crippen LogP contribution in [-0.2, 0) is 0 Å². The van der Waals surface area contributed by atoms with Gasteiger partial charge in [0.15, 0.2) is 17.1 Å². The topological polar surface area (TPSA) is 71.7 Å². The van der Waals surface area contributed by atoms with Gasteiger partial charge >= 0.3 is 0 Å². The largest absolute Gasteiger partial charge is 0.493 e. The minimum absolute atomic E-state index is 0.118. The van der Waals surface area contributed by atoms with Crippen molar-refractivity contribution in [2.45, 2.75) is 33.6 Å². The minimum Gasteiger partial charge on any atom is -0.493 e. The summed E-state index contributed by atoms with van der Waals surface area (Å²) in [5.74, 6) is 0.725. The van der Waals surface area contributed by atoms with E-state index in [-0.39, 0.29) is 17.9 Å². The van der Waals surface area contributed by atoms with Crippen molar-refractivity contribution in [2.24, 2.45) is 5.41 Å². The number of carbonyl (C=O) groups excluding carboxylic acids is 1. The van der Waals surface area contributed by atoms with Gasteiger partial charge in [-0.25, -0.2) is 0 Å². The third kappa shape index (κ3) is 3.85. The van der Waals surface area contributed by atoms with Gasteiger partial charge in [0.25, 0.3) is 5.91 Å². The average Bonchev–Trinajstić information content (AvgIpc) is 2.88. The molecule has 0 atom stereocenters. The summed E-state index contributed by atoms with van der Waals surface area (Å²) in [6.07, 6.45) is 1.65. The number of para-hydroxylation sites is 1. The molecule has 1 aromatic carbocycles. The molecule has 0 aliphatic carbocycles. The van der Waals surface area contributed by atoms with Crippen molar-refractivity contribution in [3.05, 3.63) is 29.5 Å². The number of hydrogen-bond donors (Lipinski definition) is 2. The summed E-state index contributed by atoms with van der Waals surface area (Å²) >= 11 is 0. The second-order valence-electron chi connectivity index (χ2n) is 6.57. The maximum Gasteiger partial charge on any atom is 0.287 e. The number of methoxy groups -OCH3 is 1. The lowest BCUT2D eigenvalue weighted by molar-refractivity contribution is 0.0922. The average molecular weight is 319 g/mol. The van der Waals surface area contributed by atoms with Crippen LogP contribution in [0.15, 0.2) is 22.6 Å². The van der Waals surface area contributed by atoms with Gasteiger partial charge in [-0.3, -0.25) is 4.79 Å². The third-order valence-electron chi connectivity index (χ3n) is 4.10. The number of rotatable bonds is 7. The molecule has 5 heteroatoms. The van der Waals surface area contributed by atoms with E-state index in [9.17, 15) is 9.90 Å². The van der Waals surface area contributed by atoms with E-state index in [0.717, 1.165) is 23.8 Å². The molecule has 126 valence electrons. The van der Waals surface area contributed by atoms with Crippen LogP contribution in [0.25, 0.3) is 11.0 Å². The predicted octanol–water partition coefficient (Wildman–Crippen LogP) is 3.28. The Hall–Kier alpha value is -2.01. The smallest absolute Gasteiger partial charge is 0.287 e. The highest BCUT2D eigenvalue weighted by Crippen LogP contribution is 2.32. The molecule has 0 radical (unpaired) electrons. The lowest BCUT2D eigenvalue weighted by Crippen LogP contribution is -2.26. The van der Waals surface area contributed by atoms with E-state index in [4.69, 9.17) is 9.15 Å². The molecule has 2 aromatic rings. The molecule has 1 heterocycles. The summed E-state index contributed by atoms with van der Waals surface area (Å²) < 4.78 is 11.0. The standard InChI is InChI=1S/C18H25NO4/c1-12-13-7-5-8-14(22-4)16(13)23-15(12)17(21)19-10-6-9-18(2,3)11-20/h5,7-8,20H,6,9-11H2,1-4H3,(H,19,21). The molecule has 0 bridgehead atoms. The van der Waals surface area contributed by atoms with Crippen molar-refractivity contribution in [2.75, 3.05) is 20.3 Å². The Morgan fingerprint density at radius 3 is 2.78 bits per heavy atom. The first-order valence-electron chi connectivity index (χ1n) is 7.85. The summed E-state index contributed by atoms with van der Waals surface area (Å²) in [7, 11) is 1.58. The molecule has 2 rings (SSSR count). The number of aliphatic hydroxyl groups excluding tert-OH is 1. The fourth-order valence-corrected chi connectivity index (χ4v) is 2.52. The molecule has 1 aromatic heterocycles. The first kappa shape index (κ1) is 17.3. The number of aliphatic hydroxyl groups is 1. The summed E-state index contributed by atoms with van der Waals surface area (Å²) in [4.78, 5) is 12.3. The van der Waals surface area contributed by atoms with Gasteiger partial charge in [0.2, 0.25) is 0 Å². The van der Waals surface area contributed by atoms with Crippen LogP contribution in [0.2, 0.25) is 0 Å². The van der Waals surface area contributed by atoms with Gasteiger partial charge < -0.3 is 19.6 Å². The SMILES string of the molecule is COc1cccc2c(C)c(C(=O)NCCCC(C)(C)CO)oc12. The second kappa shape index (κ2) is 7.04. The maximum atomic E-state index is 12.3. The highest BCUT2D eigenvalue weighted by Gasteiger charge is 2.20. The number of aryl methyl sites for hydroxylation is 1. The maximum absolute atomic E-state index is 12.3. The van der Waals surface area contributed by atoms with E-state index in [1.54, 1.807) is 7.11 Å². The number of hydrogen-bond acceptors (Lipinski definition) is 4. The van der Waals surface area contributed by atoms with Gasteiger partial charge in [-0.2, -0.15) is 0 Å². The van der Waals surface area contributed by atoms with E-state index < -0.39 is 0 Å². The Kier molecular flexibility index (Phi) is 5.31. The first-order chi connectivity index (χ1) is 10.9. The molecule has 0 saturated carbocycles. The second-order valence-corrected chi connectivity index (χ2v) is 6.57. The number of furan rings is 1. The van der Waals surface area contributed by atoms with Gasteiger partial charge in [0.05, 0.1) is 7.11 Å². The third-order valence-corrected chi connectivity index (χ3v) is 4.10. The molecule has 23 heavy (non-hydrogen) atoms. The zero-order valence-electron chi connectivity index (χ0n) is 14.2. The van der Waals surface area contributed by atoms with Crippen molar-refractivity contribution in [1.82, 2.24) is 5.32 Å². The van der Waals surface area contributed by atoms with E-state index in [0.29, 0.717) is 23.6 Å². The van der Waals surface area contributed by atoms with Crippen LogP contribution in [0.5, 0.6) is 5.75 Å². The number of fused-ring (bicyclic) bond motifs is 1. The lowest BCUT2D eigenvalue weighted by Gasteiger charge is -2.21. The van der Waals surface area contributed by atoms with E-state index in [2.05, 4.69) is 5.32 Å². The van der Waals surface area contributed by atoms with Gasteiger partial charge in [-0.05, 0) is 31.2 Å². The van der Waals surface area contributed by atoms with Crippen LogP contribution in [0.1, 0.15) is 42.8 Å². The summed E-state index contributed by atoms with van der Waals surface area (Å²) in [5, 5.41) is 13.0. The molecular formula is C18H25NO4. The molecule has 1 amide bonds. The number of benzene rings is 1. The van der Waals surface area contributed by atoms with Gasteiger partial charge in [0, 0.05) is 24.1 Å². The summed E-state index contributed by atoms with van der Waals surface area (Å²) in [5.41, 5.74) is 1.29. The fourth-order valence-electron chi connectivity index (χ4n) is 2.52. The van der Waals surface area contributed by atoms with Crippen molar-refractivity contribution < 1.29 is 19.1 Å². The van der Waals surface area contributed by atoms with Crippen LogP contribution in [0, 0.1) is 12.3 Å². The van der Waals surface area contributed by atoms with Crippen molar-refractivity contribution in [3.8, 4) is 5.75 Å². The Labute approximate surface area is 136 Å². The zero-order chi connectivity index (χ0) is 17.0. The minimum atomic E-state index is -0.220. The molecule has 5 nitrogen and oxygen atoms in total. The van der Waals surface area contributed by atoms with Gasteiger partial charge in [-0.1, -0.05) is 26.0 Å². The zero-order valence-corrected chi connectivity index (χ0v) is 14.2. The van der Waals surface area contributed by atoms with Crippen LogP contribution < -0.4 is 10.1 Å². The number of amides is 1. The predicted molar refractivity (Wildman–Crippen MR) is 89.9 cm³/mol. The highest BCUT2D eigenvalue weighted by atomic mass is 16.5. The molecule has 0 unspecified atom stereocenters. The Morgan fingerprint density at radius 1 is 1.39 bits per heavy atom. The van der Waals surface area contributed by atoms with Crippen molar-refractivity contribution in [1.29, 1.82) is 0 Å². The number of ether oxygens (including phenoxy) is 1. The van der Waals surface area contributed by atoms with Gasteiger partial charge in [-0.15, -0.1) is 0 Å². The molecular weight excluding hydrogens is 294 g/mol. The quantitative estimate of drug-likeness (QED) is 0.768. The highest BCUT2D eigenvalue weighted by molar-refractivity contribution is 6.00. The van der Waals surface area contributed by atoms with E-state index in [1.807, 2.05) is 39.0 Å². The van der Waals surface area contributed by atoms with E-state index in [1.165, 1.54) is 0 Å². The Balaban J connectivity index is 2.05. The van der Waals surface area contributed by atoms with Crippen LogP contribution >= 0.6 is 0 Å². The van der Waals surface area contributed by atoms with Crippen LogP contribution in [0.4, 0.5) is 0 Å². The van der Waals surface area contributed by atoms with Crippen LogP contribution in [0.3, 0.4) is 0 Å². The Morgan fingerprint density at radius 2 is 2.13 bits per heavy atom. The molecule has 0 spiro atoms. The van der Waals surface area contributed by atoms with Gasteiger partial charge in [0.1, 0.15) is 0 Å². The molecule has 2 N–H and O–H groups in total. The normalized spacial score (nSPS) is 11.7. The lowest BCUT2D eigenvalue weighted by atomic mass is 9.89. The van der Waals surface area contributed by atoms with Crippen LogP contribution in [-0.4, -0.2) is 31.3 Å². The van der Waals surface area contributed by atoms with Crippen molar-refractivity contribution >= 4 is 16.9 Å². The molecule has 0 aliphatic rings. The van der Waals surface area contributed by atoms with E-state index >= 15 is 0 Å².